The van der Waals surface area contributed by atoms with Gasteiger partial charge in [-0.1, -0.05) is 19.1 Å². The van der Waals surface area contributed by atoms with Gasteiger partial charge in [-0.15, -0.1) is 11.6 Å². The average Bonchev–Trinajstić information content (AvgIpc) is 3.01. The summed E-state index contributed by atoms with van der Waals surface area (Å²) in [5.41, 5.74) is -3.89. The first-order valence-corrected chi connectivity index (χ1v) is 13.0. The summed E-state index contributed by atoms with van der Waals surface area (Å²) in [6, 6.07) is 0. The Morgan fingerprint density at radius 1 is 1.05 bits per heavy atom. The second-order valence-electron chi connectivity index (χ2n) is 11.2. The molecule has 1 aliphatic carbocycles. The first kappa shape index (κ1) is 27.9. The molecule has 4 rings (SSSR count). The average molecular weight is 543 g/mol. The summed E-state index contributed by atoms with van der Waals surface area (Å²) >= 11 is 6.80. The zero-order chi connectivity index (χ0) is 27.7. The van der Waals surface area contributed by atoms with E-state index in [0.717, 1.165) is 0 Å². The third-order valence-corrected chi connectivity index (χ3v) is 9.41. The van der Waals surface area contributed by atoms with Crippen LogP contribution in [0, 0.1) is 17.3 Å². The number of hydrogen-bond acceptors (Lipinski definition) is 10. The minimum absolute atomic E-state index is 0.00764. The maximum absolute atomic E-state index is 13.0. The summed E-state index contributed by atoms with van der Waals surface area (Å²) < 4.78 is 29.8. The molecule has 0 aromatic heterocycles. The lowest BCUT2D eigenvalue weighted by Gasteiger charge is -2.66. The van der Waals surface area contributed by atoms with Gasteiger partial charge in [0.05, 0.1) is 17.4 Å². The molecular weight excluding hydrogens is 508 g/mol. The van der Waals surface area contributed by atoms with Crippen molar-refractivity contribution in [1.82, 2.24) is 0 Å². The van der Waals surface area contributed by atoms with Gasteiger partial charge < -0.3 is 28.8 Å². The van der Waals surface area contributed by atoms with Gasteiger partial charge in [-0.25, -0.2) is 0 Å². The van der Waals surface area contributed by atoms with Crippen LogP contribution >= 0.6 is 11.6 Å². The van der Waals surface area contributed by atoms with Crippen LogP contribution in [0.15, 0.2) is 12.2 Å². The van der Waals surface area contributed by atoms with E-state index >= 15 is 0 Å². The first-order chi connectivity index (χ1) is 17.1. The van der Waals surface area contributed by atoms with Crippen LogP contribution in [0.1, 0.15) is 60.8 Å². The van der Waals surface area contributed by atoms with Crippen molar-refractivity contribution in [3.8, 4) is 0 Å². The highest BCUT2D eigenvalue weighted by molar-refractivity contribution is 6.23. The molecule has 11 heteroatoms. The van der Waals surface area contributed by atoms with E-state index in [-0.39, 0.29) is 6.42 Å². The summed E-state index contributed by atoms with van der Waals surface area (Å²) in [5, 5.41) is 11.3. The van der Waals surface area contributed by atoms with Crippen molar-refractivity contribution in [2.45, 2.75) is 108 Å². The van der Waals surface area contributed by atoms with Gasteiger partial charge in [0, 0.05) is 38.5 Å². The van der Waals surface area contributed by atoms with Gasteiger partial charge in [0.15, 0.2) is 11.7 Å². The fourth-order valence-electron chi connectivity index (χ4n) is 7.19. The molecule has 10 nitrogen and oxygen atoms in total. The van der Waals surface area contributed by atoms with Crippen LogP contribution in [0.2, 0.25) is 0 Å². The lowest BCUT2D eigenvalue weighted by Crippen LogP contribution is -2.79. The summed E-state index contributed by atoms with van der Waals surface area (Å²) in [5.74, 6) is -4.43. The maximum atomic E-state index is 13.0. The Balaban J connectivity index is 2.01. The largest absolute Gasteiger partial charge is 0.462 e. The number of hydrogen-bond donors (Lipinski definition) is 1. The van der Waals surface area contributed by atoms with Gasteiger partial charge in [0.1, 0.15) is 23.9 Å². The Morgan fingerprint density at radius 2 is 1.62 bits per heavy atom. The Bertz CT molecular complexity index is 1020. The van der Waals surface area contributed by atoms with Crippen LogP contribution in [0.3, 0.4) is 0 Å². The predicted molar refractivity (Wildman–Crippen MR) is 128 cm³/mol. The molecule has 3 heterocycles. The predicted octanol–water partition coefficient (Wildman–Crippen LogP) is 2.22. The van der Waals surface area contributed by atoms with Crippen molar-refractivity contribution in [1.29, 1.82) is 0 Å². The van der Waals surface area contributed by atoms with Crippen LogP contribution in [0.4, 0.5) is 0 Å². The van der Waals surface area contributed by atoms with E-state index in [2.05, 4.69) is 6.58 Å². The fourth-order valence-corrected chi connectivity index (χ4v) is 7.55. The van der Waals surface area contributed by atoms with E-state index in [1.807, 2.05) is 0 Å². The van der Waals surface area contributed by atoms with Crippen molar-refractivity contribution in [3.05, 3.63) is 12.2 Å². The topological polar surface area (TPSA) is 135 Å². The van der Waals surface area contributed by atoms with Gasteiger partial charge in [-0.05, 0) is 26.7 Å². The number of halogens is 1. The molecular formula is C26H35ClO10. The van der Waals surface area contributed by atoms with Crippen molar-refractivity contribution < 1.29 is 48.0 Å². The number of aliphatic hydroxyl groups is 1. The number of carbonyl (C=O) groups excluding carboxylic acids is 4. The van der Waals surface area contributed by atoms with Crippen molar-refractivity contribution in [2.24, 2.45) is 17.3 Å². The highest BCUT2D eigenvalue weighted by Gasteiger charge is 2.78. The number of fused-ring (bicyclic) bond motifs is 3. The number of alkyl halides is 1. The molecule has 11 unspecified atom stereocenters. The first-order valence-electron chi connectivity index (χ1n) is 12.5. The summed E-state index contributed by atoms with van der Waals surface area (Å²) in [6.45, 7) is 12.7. The van der Waals surface area contributed by atoms with Crippen LogP contribution in [-0.4, -0.2) is 76.1 Å². The molecule has 0 aromatic carbocycles. The summed E-state index contributed by atoms with van der Waals surface area (Å²) in [4.78, 5) is 49.8. The van der Waals surface area contributed by atoms with Gasteiger partial charge in [-0.3, -0.25) is 19.2 Å². The molecule has 0 amide bonds. The van der Waals surface area contributed by atoms with Crippen LogP contribution in [0.25, 0.3) is 0 Å². The normalized spacial score (nSPS) is 46.9. The van der Waals surface area contributed by atoms with Crippen LogP contribution in [-0.2, 0) is 42.9 Å². The third kappa shape index (κ3) is 4.06. The lowest BCUT2D eigenvalue weighted by molar-refractivity contribution is -0.355. The smallest absolute Gasteiger partial charge is 0.312 e. The van der Waals surface area contributed by atoms with Gasteiger partial charge in [-0.2, -0.15) is 0 Å². The molecule has 1 N–H and O–H groups in total. The summed E-state index contributed by atoms with van der Waals surface area (Å²) in [7, 11) is 0. The second-order valence-corrected chi connectivity index (χ2v) is 11.6. The molecule has 1 saturated carbocycles. The molecule has 4 fully saturated rings. The molecule has 206 valence electrons. The van der Waals surface area contributed by atoms with E-state index < -0.39 is 88.2 Å². The molecule has 3 saturated heterocycles. The Labute approximate surface area is 220 Å². The number of ether oxygens (including phenoxy) is 5. The maximum Gasteiger partial charge on any atom is 0.312 e. The van der Waals surface area contributed by atoms with E-state index in [4.69, 9.17) is 35.3 Å². The highest BCUT2D eigenvalue weighted by atomic mass is 35.5. The Hall–Kier alpha value is -2.17. The Morgan fingerprint density at radius 3 is 2.19 bits per heavy atom. The van der Waals surface area contributed by atoms with E-state index in [1.54, 1.807) is 13.8 Å². The SMILES string of the molecule is C=C1CCC2OC3(C(C)C(=O)OC3C1Cl)C(OC(C)=O)C1C(C)(O)C(OC(C)=O)CC(OC(C)=O)C21C. The van der Waals surface area contributed by atoms with Crippen molar-refractivity contribution >= 4 is 35.5 Å². The second kappa shape index (κ2) is 9.24. The summed E-state index contributed by atoms with van der Waals surface area (Å²) in [6.07, 6.45) is -4.26. The zero-order valence-electron chi connectivity index (χ0n) is 21.9. The monoisotopic (exact) mass is 542 g/mol. The highest BCUT2D eigenvalue weighted by Crippen LogP contribution is 2.64. The third-order valence-electron chi connectivity index (χ3n) is 8.87. The number of esters is 4. The number of rotatable bonds is 3. The quantitative estimate of drug-likeness (QED) is 0.245. The van der Waals surface area contributed by atoms with E-state index in [9.17, 15) is 24.3 Å². The van der Waals surface area contributed by atoms with Crippen LogP contribution < -0.4 is 0 Å². The van der Waals surface area contributed by atoms with E-state index in [0.29, 0.717) is 18.4 Å². The molecule has 0 radical (unpaired) electrons. The zero-order valence-corrected chi connectivity index (χ0v) is 22.7. The number of carbonyl (C=O) groups is 4. The fraction of sp³-hybridized carbons (Fsp3) is 0.769. The standard InChI is InChI=1S/C26H35ClO10/c1-11-8-9-16-24(6)17(33-13(3)28)10-18(34-14(4)29)25(7,32)20(24)22(35-15(5)30)26(37-16)12(2)23(31)36-21(26)19(11)27/h12,16-22,32H,1,8-10H2,2-7H3. The minimum Gasteiger partial charge on any atom is -0.462 e. The molecule has 1 spiro atoms. The minimum atomic E-state index is -1.79. The van der Waals surface area contributed by atoms with Crippen molar-refractivity contribution in [2.75, 3.05) is 0 Å². The molecule has 37 heavy (non-hydrogen) atoms. The molecule has 4 aliphatic rings. The van der Waals surface area contributed by atoms with Gasteiger partial charge in [0.2, 0.25) is 0 Å². The lowest BCUT2D eigenvalue weighted by atomic mass is 9.49. The molecule has 3 aliphatic heterocycles. The van der Waals surface area contributed by atoms with E-state index in [1.165, 1.54) is 27.7 Å². The molecule has 2 bridgehead atoms. The van der Waals surface area contributed by atoms with Gasteiger partial charge in [0.25, 0.3) is 0 Å². The van der Waals surface area contributed by atoms with Crippen LogP contribution in [0.5, 0.6) is 0 Å². The van der Waals surface area contributed by atoms with Gasteiger partial charge >= 0.3 is 23.9 Å². The molecule has 0 aromatic rings. The van der Waals surface area contributed by atoms with Crippen molar-refractivity contribution in [3.63, 3.8) is 0 Å². The molecule has 11 atom stereocenters. The Kier molecular flexibility index (Phi) is 6.95.